The van der Waals surface area contributed by atoms with Gasteiger partial charge in [0.05, 0.1) is 33.7 Å². The molecule has 0 radical (unpaired) electrons. The molecule has 226 valence electrons. The molecule has 0 aromatic rings. The van der Waals surface area contributed by atoms with Gasteiger partial charge in [-0.25, -0.2) is 0 Å². The average molecular weight is 563 g/mol. The van der Waals surface area contributed by atoms with E-state index in [9.17, 15) is 14.6 Å². The summed E-state index contributed by atoms with van der Waals surface area (Å²) < 4.78 is 16.6. The van der Waals surface area contributed by atoms with E-state index in [1.54, 1.807) is 0 Å². The molecule has 1 N–H and O–H groups in total. The minimum atomic E-state index is -4.25. The molecule has 1 fully saturated rings. The van der Waals surface area contributed by atoms with Gasteiger partial charge in [-0.2, -0.15) is 13.9 Å². The van der Waals surface area contributed by atoms with Crippen LogP contribution >= 0.6 is 8.17 Å². The Hall–Kier alpha value is -0.300. The molecule has 38 heavy (non-hydrogen) atoms. The first-order valence-corrected chi connectivity index (χ1v) is 17.1. The van der Waals surface area contributed by atoms with E-state index in [0.29, 0.717) is 30.3 Å². The summed E-state index contributed by atoms with van der Waals surface area (Å²) in [6.45, 7) is 2.97. The van der Waals surface area contributed by atoms with Crippen molar-refractivity contribution in [3.63, 3.8) is 0 Å². The van der Waals surface area contributed by atoms with Crippen molar-refractivity contribution in [2.45, 2.75) is 141 Å². The Morgan fingerprint density at radius 2 is 1.37 bits per heavy atom. The molecule has 0 bridgehead atoms. The summed E-state index contributed by atoms with van der Waals surface area (Å²) in [6.07, 6.45) is 22.7. The monoisotopic (exact) mass is 562 g/mol. The van der Waals surface area contributed by atoms with Crippen LogP contribution in [0.5, 0.6) is 0 Å². The molecular weight excluding hydrogens is 501 g/mol. The third-order valence-electron chi connectivity index (χ3n) is 8.05. The molecule has 1 rings (SSSR count). The highest BCUT2D eigenvalue weighted by Gasteiger charge is 2.54. The zero-order valence-corrected chi connectivity index (χ0v) is 26.4. The number of quaternary nitrogens is 1. The number of hydrogen-bond donors (Lipinski definition) is 1. The minimum Gasteiger partial charge on any atom is -0.606 e. The van der Waals surface area contributed by atoms with Gasteiger partial charge in [0.25, 0.3) is 0 Å². The second-order valence-electron chi connectivity index (χ2n) is 12.5. The standard InChI is InChI=1S/C30H60NO6P/c1-6-7-8-9-10-11-12-13-14-15-16-17-18-19-20-21-24-30(29(32)35-5)25-22-23-28(30)37-38(33,34)36-27-26-31(2,3)4/h28H,6-27H2,1-5H3/p+1/t28-,30+/m0/s1. The van der Waals surface area contributed by atoms with E-state index in [4.69, 9.17) is 13.8 Å². The van der Waals surface area contributed by atoms with Gasteiger partial charge < -0.3 is 14.1 Å². The summed E-state index contributed by atoms with van der Waals surface area (Å²) in [5.74, 6) is -0.327. The number of rotatable bonds is 24. The lowest BCUT2D eigenvalue weighted by Crippen LogP contribution is -2.42. The number of carbonyl (C=O) groups is 1. The van der Waals surface area contributed by atoms with E-state index in [1.165, 1.54) is 90.6 Å². The molecule has 0 aromatic heterocycles. The molecular formula is C30H61NO6P+. The summed E-state index contributed by atoms with van der Waals surface area (Å²) in [5, 5.41) is 0. The highest BCUT2D eigenvalue weighted by Crippen LogP contribution is 2.56. The molecule has 0 aliphatic heterocycles. The van der Waals surface area contributed by atoms with Crippen LogP contribution in [-0.4, -0.2) is 62.9 Å². The van der Waals surface area contributed by atoms with Crippen molar-refractivity contribution in [1.82, 2.24) is 0 Å². The second-order valence-corrected chi connectivity index (χ2v) is 13.9. The van der Waals surface area contributed by atoms with E-state index in [0.717, 1.165) is 25.7 Å². The summed E-state index contributed by atoms with van der Waals surface area (Å²) in [6, 6.07) is 0. The van der Waals surface area contributed by atoms with Gasteiger partial charge in [-0.15, -0.1) is 0 Å². The van der Waals surface area contributed by atoms with Crippen LogP contribution in [0.15, 0.2) is 0 Å². The molecule has 1 unspecified atom stereocenters. The number of phosphoric ester groups is 1. The van der Waals surface area contributed by atoms with Crippen molar-refractivity contribution in [1.29, 1.82) is 0 Å². The summed E-state index contributed by atoms with van der Waals surface area (Å²) >= 11 is 0. The predicted octanol–water partition coefficient (Wildman–Crippen LogP) is 7.12. The number of ether oxygens (including phenoxy) is 1. The molecule has 7 nitrogen and oxygen atoms in total. The summed E-state index contributed by atoms with van der Waals surface area (Å²) in [7, 11) is 3.11. The molecule has 0 spiro atoms. The maximum atomic E-state index is 12.9. The van der Waals surface area contributed by atoms with Crippen molar-refractivity contribution in [3.8, 4) is 0 Å². The van der Waals surface area contributed by atoms with Crippen molar-refractivity contribution in [2.75, 3.05) is 41.4 Å². The van der Waals surface area contributed by atoms with E-state index < -0.39 is 19.7 Å². The number of carbonyl (C=O) groups excluding carboxylic acids is 1. The fourth-order valence-electron chi connectivity index (χ4n) is 5.63. The van der Waals surface area contributed by atoms with Crippen molar-refractivity contribution in [3.05, 3.63) is 0 Å². The van der Waals surface area contributed by atoms with Gasteiger partial charge in [-0.3, -0.25) is 4.79 Å². The van der Waals surface area contributed by atoms with E-state index >= 15 is 0 Å². The lowest BCUT2D eigenvalue weighted by Gasteiger charge is -2.34. The molecule has 0 aromatic carbocycles. The number of phosphoric acid groups is 1. The number of likely N-dealkylation sites (N-methyl/N-ethyl adjacent to an activating group) is 1. The maximum Gasteiger partial charge on any atom is 0.377 e. The van der Waals surface area contributed by atoms with Crippen LogP contribution in [0.25, 0.3) is 0 Å². The Morgan fingerprint density at radius 3 is 1.82 bits per heavy atom. The maximum absolute atomic E-state index is 12.9. The zero-order chi connectivity index (χ0) is 28.3. The van der Waals surface area contributed by atoms with Gasteiger partial charge in [-0.05, 0) is 25.7 Å². The molecule has 0 heterocycles. The fraction of sp³-hybridized carbons (Fsp3) is 0.967. The SMILES string of the molecule is CCCCCCCCCCCCCCCCCC[C@@]1(C(=O)OC)CCC[C@@H]1O[P+]([O-])(O)OCC[N+](C)(C)C. The van der Waals surface area contributed by atoms with Crippen LogP contribution in [0.2, 0.25) is 0 Å². The Labute approximate surface area is 235 Å². The number of nitrogens with zero attached hydrogens (tertiary/aromatic N) is 1. The van der Waals surface area contributed by atoms with Gasteiger partial charge in [-0.1, -0.05) is 110 Å². The molecule has 1 aliphatic carbocycles. The molecule has 1 aliphatic rings. The lowest BCUT2D eigenvalue weighted by molar-refractivity contribution is -0.870. The Bertz CT molecular complexity index is 612. The first kappa shape index (κ1) is 35.7. The third-order valence-corrected chi connectivity index (χ3v) is 9.08. The molecule has 3 atom stereocenters. The highest BCUT2D eigenvalue weighted by atomic mass is 31.2. The lowest BCUT2D eigenvalue weighted by atomic mass is 9.79. The normalized spacial score (nSPS) is 21.5. The van der Waals surface area contributed by atoms with Crippen molar-refractivity contribution in [2.24, 2.45) is 5.41 Å². The van der Waals surface area contributed by atoms with E-state index in [2.05, 4.69) is 6.92 Å². The first-order chi connectivity index (χ1) is 18.1. The smallest absolute Gasteiger partial charge is 0.377 e. The van der Waals surface area contributed by atoms with E-state index in [-0.39, 0.29) is 12.6 Å². The number of unbranched alkanes of at least 4 members (excludes halogenated alkanes) is 15. The second kappa shape index (κ2) is 19.7. The number of methoxy groups -OCH3 is 1. The molecule has 1 saturated carbocycles. The van der Waals surface area contributed by atoms with Gasteiger partial charge in [0, 0.05) is 0 Å². The average Bonchev–Trinajstić information content (AvgIpc) is 3.24. The summed E-state index contributed by atoms with van der Waals surface area (Å²) in [5.41, 5.74) is -0.855. The fourth-order valence-corrected chi connectivity index (χ4v) is 6.63. The third kappa shape index (κ3) is 15.5. The Morgan fingerprint density at radius 1 is 0.895 bits per heavy atom. The van der Waals surface area contributed by atoms with Crippen LogP contribution < -0.4 is 4.89 Å². The van der Waals surface area contributed by atoms with Gasteiger partial charge in [0.1, 0.15) is 19.3 Å². The molecule has 0 saturated heterocycles. The number of esters is 1. The van der Waals surface area contributed by atoms with E-state index in [1.807, 2.05) is 21.1 Å². The Balaban J connectivity index is 2.26. The quantitative estimate of drug-likeness (QED) is 0.0583. The van der Waals surface area contributed by atoms with Gasteiger partial charge in [0.15, 0.2) is 0 Å². The molecule has 0 amide bonds. The largest absolute Gasteiger partial charge is 0.606 e. The predicted molar refractivity (Wildman–Crippen MR) is 155 cm³/mol. The van der Waals surface area contributed by atoms with Crippen LogP contribution in [0, 0.1) is 5.41 Å². The van der Waals surface area contributed by atoms with Gasteiger partial charge >= 0.3 is 14.1 Å². The topological polar surface area (TPSA) is 88.1 Å². The first-order valence-electron chi connectivity index (χ1n) is 15.6. The summed E-state index contributed by atoms with van der Waals surface area (Å²) in [4.78, 5) is 35.8. The highest BCUT2D eigenvalue weighted by molar-refractivity contribution is 7.52. The van der Waals surface area contributed by atoms with Crippen molar-refractivity contribution >= 4 is 14.1 Å². The van der Waals surface area contributed by atoms with Gasteiger partial charge in [0.2, 0.25) is 0 Å². The molecule has 8 heteroatoms. The zero-order valence-electron chi connectivity index (χ0n) is 25.5. The van der Waals surface area contributed by atoms with Crippen molar-refractivity contribution < 1.29 is 32.8 Å². The van der Waals surface area contributed by atoms with Crippen LogP contribution in [0.3, 0.4) is 0 Å². The number of hydrogen-bond acceptors (Lipinski definition) is 6. The van der Waals surface area contributed by atoms with Crippen LogP contribution in [0.4, 0.5) is 0 Å². The van der Waals surface area contributed by atoms with Crippen LogP contribution in [0.1, 0.15) is 135 Å². The Kier molecular flexibility index (Phi) is 18.5. The van der Waals surface area contributed by atoms with Crippen LogP contribution in [-0.2, 0) is 18.6 Å². The minimum absolute atomic E-state index is 0.119.